The van der Waals surface area contributed by atoms with Gasteiger partial charge in [0.1, 0.15) is 0 Å². The fourth-order valence-electron chi connectivity index (χ4n) is 3.74. The number of benzene rings is 1. The highest BCUT2D eigenvalue weighted by molar-refractivity contribution is 5.97. The van der Waals surface area contributed by atoms with Gasteiger partial charge in [-0.15, -0.1) is 0 Å². The molecule has 0 unspecified atom stereocenters. The van der Waals surface area contributed by atoms with Crippen LogP contribution in [0.5, 0.6) is 0 Å². The van der Waals surface area contributed by atoms with E-state index < -0.39 is 0 Å². The van der Waals surface area contributed by atoms with Gasteiger partial charge in [-0.25, -0.2) is 0 Å². The molecular formula is C19H24N2O3. The van der Waals surface area contributed by atoms with Crippen molar-refractivity contribution in [3.05, 3.63) is 29.8 Å². The molecule has 0 aliphatic carbocycles. The molecule has 3 rings (SSSR count). The van der Waals surface area contributed by atoms with Gasteiger partial charge in [-0.1, -0.05) is 18.2 Å². The largest absolute Gasteiger partial charge is 0.332 e. The molecule has 1 atom stereocenters. The molecule has 1 aromatic carbocycles. The van der Waals surface area contributed by atoms with Gasteiger partial charge in [0, 0.05) is 25.2 Å². The zero-order valence-corrected chi connectivity index (χ0v) is 14.2. The first-order valence-electron chi connectivity index (χ1n) is 8.76. The monoisotopic (exact) mass is 328 g/mol. The van der Waals surface area contributed by atoms with Crippen LogP contribution in [0.25, 0.3) is 0 Å². The molecule has 0 saturated carbocycles. The average Bonchev–Trinajstić information content (AvgIpc) is 3.01. The summed E-state index contributed by atoms with van der Waals surface area (Å²) in [4.78, 5) is 40.2. The van der Waals surface area contributed by atoms with E-state index in [1.54, 1.807) is 16.7 Å². The summed E-state index contributed by atoms with van der Waals surface area (Å²) in [7, 11) is 0. The van der Waals surface area contributed by atoms with E-state index in [2.05, 4.69) is 0 Å². The number of para-hydroxylation sites is 1. The van der Waals surface area contributed by atoms with E-state index in [1.165, 1.54) is 0 Å². The summed E-state index contributed by atoms with van der Waals surface area (Å²) in [5.41, 5.74) is 1.70. The molecule has 2 amide bonds. The van der Waals surface area contributed by atoms with Crippen molar-refractivity contribution < 1.29 is 14.4 Å². The maximum atomic E-state index is 12.8. The van der Waals surface area contributed by atoms with Crippen LogP contribution in [0.3, 0.4) is 0 Å². The Bertz CT molecular complexity index is 656. The first-order valence-corrected chi connectivity index (χ1v) is 8.76. The molecule has 0 aromatic heterocycles. The van der Waals surface area contributed by atoms with Crippen molar-refractivity contribution in [1.29, 1.82) is 0 Å². The average molecular weight is 328 g/mol. The van der Waals surface area contributed by atoms with Crippen LogP contribution in [0.15, 0.2) is 24.3 Å². The van der Waals surface area contributed by atoms with Gasteiger partial charge in [-0.3, -0.25) is 14.4 Å². The second-order valence-corrected chi connectivity index (χ2v) is 6.66. The third-order valence-corrected chi connectivity index (χ3v) is 4.99. The lowest BCUT2D eigenvalue weighted by Crippen LogP contribution is -2.48. The van der Waals surface area contributed by atoms with Gasteiger partial charge in [-0.2, -0.15) is 0 Å². The SMILES string of the molecule is CC(=O)[C@H]1CCCCN1C(=O)Cc1ccccc1N1CCCC1=O. The predicted octanol–water partition coefficient (Wildman–Crippen LogP) is 2.33. The van der Waals surface area contributed by atoms with E-state index in [0.29, 0.717) is 19.5 Å². The van der Waals surface area contributed by atoms with Crippen molar-refractivity contribution in [3.63, 3.8) is 0 Å². The maximum Gasteiger partial charge on any atom is 0.227 e. The molecule has 2 heterocycles. The Hall–Kier alpha value is -2.17. The molecule has 24 heavy (non-hydrogen) atoms. The number of carbonyl (C=O) groups is 3. The molecule has 2 saturated heterocycles. The van der Waals surface area contributed by atoms with Gasteiger partial charge in [0.15, 0.2) is 5.78 Å². The van der Waals surface area contributed by atoms with Crippen molar-refractivity contribution in [2.24, 2.45) is 0 Å². The Kier molecular flexibility index (Phi) is 4.97. The number of ketones is 1. The Labute approximate surface area is 142 Å². The van der Waals surface area contributed by atoms with Crippen molar-refractivity contribution in [1.82, 2.24) is 4.90 Å². The number of rotatable bonds is 4. The van der Waals surface area contributed by atoms with Gasteiger partial charge in [-0.05, 0) is 44.2 Å². The van der Waals surface area contributed by atoms with Crippen LogP contribution in [0.4, 0.5) is 5.69 Å². The highest BCUT2D eigenvalue weighted by Crippen LogP contribution is 2.27. The molecule has 5 nitrogen and oxygen atoms in total. The van der Waals surface area contributed by atoms with Crippen LogP contribution < -0.4 is 4.90 Å². The fraction of sp³-hybridized carbons (Fsp3) is 0.526. The van der Waals surface area contributed by atoms with E-state index in [9.17, 15) is 14.4 Å². The number of piperidine rings is 1. The number of amides is 2. The zero-order valence-electron chi connectivity index (χ0n) is 14.2. The van der Waals surface area contributed by atoms with E-state index >= 15 is 0 Å². The number of likely N-dealkylation sites (tertiary alicyclic amines) is 1. The molecule has 0 bridgehead atoms. The van der Waals surface area contributed by atoms with Crippen molar-refractivity contribution in [2.45, 2.75) is 51.5 Å². The van der Waals surface area contributed by atoms with Crippen LogP contribution in [0, 0.1) is 0 Å². The van der Waals surface area contributed by atoms with Crippen LogP contribution in [0.2, 0.25) is 0 Å². The van der Waals surface area contributed by atoms with Crippen LogP contribution in [-0.4, -0.2) is 41.6 Å². The summed E-state index contributed by atoms with van der Waals surface area (Å²) in [6.45, 7) is 2.92. The molecule has 2 aliphatic heterocycles. The molecule has 0 N–H and O–H groups in total. The van der Waals surface area contributed by atoms with Crippen molar-refractivity contribution in [3.8, 4) is 0 Å². The number of nitrogens with zero attached hydrogens (tertiary/aromatic N) is 2. The lowest BCUT2D eigenvalue weighted by molar-refractivity contribution is -0.140. The summed E-state index contributed by atoms with van der Waals surface area (Å²) >= 11 is 0. The normalized spacial score (nSPS) is 21.2. The number of anilines is 1. The van der Waals surface area contributed by atoms with E-state index in [0.717, 1.165) is 36.9 Å². The first-order chi connectivity index (χ1) is 11.6. The fourth-order valence-corrected chi connectivity index (χ4v) is 3.74. The van der Waals surface area contributed by atoms with Gasteiger partial charge >= 0.3 is 0 Å². The molecule has 0 radical (unpaired) electrons. The van der Waals surface area contributed by atoms with E-state index in [1.807, 2.05) is 24.3 Å². The van der Waals surface area contributed by atoms with E-state index in [4.69, 9.17) is 0 Å². The van der Waals surface area contributed by atoms with Gasteiger partial charge < -0.3 is 9.80 Å². The minimum Gasteiger partial charge on any atom is -0.332 e. The molecule has 0 spiro atoms. The Balaban J connectivity index is 1.79. The van der Waals surface area contributed by atoms with Crippen molar-refractivity contribution in [2.75, 3.05) is 18.0 Å². The molecule has 128 valence electrons. The molecule has 2 aliphatic rings. The number of hydrogen-bond donors (Lipinski definition) is 0. The lowest BCUT2D eigenvalue weighted by Gasteiger charge is -2.34. The molecule has 2 fully saturated rings. The highest BCUT2D eigenvalue weighted by Gasteiger charge is 2.31. The third-order valence-electron chi connectivity index (χ3n) is 4.99. The second kappa shape index (κ2) is 7.16. The molecule has 1 aromatic rings. The Morgan fingerprint density at radius 1 is 1.12 bits per heavy atom. The minimum atomic E-state index is -0.285. The number of carbonyl (C=O) groups excluding carboxylic acids is 3. The van der Waals surface area contributed by atoms with Gasteiger partial charge in [0.05, 0.1) is 12.5 Å². The maximum absolute atomic E-state index is 12.8. The highest BCUT2D eigenvalue weighted by atomic mass is 16.2. The Morgan fingerprint density at radius 2 is 1.92 bits per heavy atom. The molecular weight excluding hydrogens is 304 g/mol. The first kappa shape index (κ1) is 16.7. The summed E-state index contributed by atoms with van der Waals surface area (Å²) in [6.07, 6.45) is 4.37. The van der Waals surface area contributed by atoms with Crippen LogP contribution in [-0.2, 0) is 20.8 Å². The summed E-state index contributed by atoms with van der Waals surface area (Å²) in [5, 5.41) is 0. The third kappa shape index (κ3) is 3.35. The number of Topliss-reactive ketones (excluding diaryl/α,β-unsaturated/α-hetero) is 1. The summed E-state index contributed by atoms with van der Waals surface area (Å²) in [5.74, 6) is 0.162. The minimum absolute atomic E-state index is 0.0194. The Morgan fingerprint density at radius 3 is 2.62 bits per heavy atom. The second-order valence-electron chi connectivity index (χ2n) is 6.66. The quantitative estimate of drug-likeness (QED) is 0.852. The van der Waals surface area contributed by atoms with Gasteiger partial charge in [0.2, 0.25) is 11.8 Å². The van der Waals surface area contributed by atoms with Crippen molar-refractivity contribution >= 4 is 23.3 Å². The predicted molar refractivity (Wildman–Crippen MR) is 91.8 cm³/mol. The smallest absolute Gasteiger partial charge is 0.227 e. The summed E-state index contributed by atoms with van der Waals surface area (Å²) in [6, 6.07) is 7.32. The van der Waals surface area contributed by atoms with E-state index in [-0.39, 0.29) is 30.1 Å². The lowest BCUT2D eigenvalue weighted by atomic mass is 9.97. The van der Waals surface area contributed by atoms with Crippen LogP contribution >= 0.6 is 0 Å². The van der Waals surface area contributed by atoms with Crippen LogP contribution in [0.1, 0.15) is 44.6 Å². The molecule has 5 heteroatoms. The standard InChI is InChI=1S/C19H24N2O3/c1-14(22)16-8-4-5-11-20(16)19(24)13-15-7-2-3-9-17(15)21-12-6-10-18(21)23/h2-3,7,9,16H,4-6,8,10-13H2,1H3/t16-/m1/s1. The summed E-state index contributed by atoms with van der Waals surface area (Å²) < 4.78 is 0. The van der Waals surface area contributed by atoms with Gasteiger partial charge in [0.25, 0.3) is 0 Å². The topological polar surface area (TPSA) is 57.7 Å². The number of hydrogen-bond acceptors (Lipinski definition) is 3. The zero-order chi connectivity index (χ0) is 17.1.